The number of halogens is 3. The number of carbonyl (C=O) groups is 1. The van der Waals surface area contributed by atoms with Crippen LogP contribution in [-0.2, 0) is 17.5 Å². The van der Waals surface area contributed by atoms with Crippen LogP contribution in [0.2, 0.25) is 0 Å². The lowest BCUT2D eigenvalue weighted by Gasteiger charge is -2.42. The molecule has 1 atom stereocenters. The number of fused-ring (bicyclic) bond motifs is 2. The average Bonchev–Trinajstić information content (AvgIpc) is 3.31. The van der Waals surface area contributed by atoms with Gasteiger partial charge >= 0.3 is 12.1 Å². The number of rotatable bonds is 6. The van der Waals surface area contributed by atoms with E-state index in [0.29, 0.717) is 22.3 Å². The molecule has 5 rings (SSSR count). The van der Waals surface area contributed by atoms with Crippen LogP contribution >= 0.6 is 10.8 Å². The number of hydrogen-bond donors (Lipinski definition) is 3. The summed E-state index contributed by atoms with van der Waals surface area (Å²) < 4.78 is 71.4. The summed E-state index contributed by atoms with van der Waals surface area (Å²) in [6.45, 7) is 7.33. The molecule has 0 aliphatic carbocycles. The second-order valence-corrected chi connectivity index (χ2v) is 12.9. The Balaban J connectivity index is 1.56. The first-order chi connectivity index (χ1) is 19.6. The first kappa shape index (κ1) is 29.8. The van der Waals surface area contributed by atoms with Crippen molar-refractivity contribution in [1.82, 2.24) is 23.9 Å². The molecule has 4 heterocycles. The van der Waals surface area contributed by atoms with Crippen LogP contribution in [0.4, 0.5) is 13.2 Å². The van der Waals surface area contributed by atoms with E-state index in [-0.39, 0.29) is 35.9 Å². The minimum atomic E-state index is -4.71. The fraction of sp³-hybridized carbons (Fsp3) is 0.357. The van der Waals surface area contributed by atoms with Crippen LogP contribution in [0.3, 0.4) is 0 Å². The van der Waals surface area contributed by atoms with Crippen LogP contribution in [-0.4, -0.2) is 56.2 Å². The molecule has 4 aromatic rings. The van der Waals surface area contributed by atoms with Gasteiger partial charge in [-0.05, 0) is 73.7 Å². The Hall–Kier alpha value is -3.72. The highest BCUT2D eigenvalue weighted by atomic mass is 32.3. The maximum Gasteiger partial charge on any atom is 0.452 e. The van der Waals surface area contributed by atoms with Gasteiger partial charge in [0.15, 0.2) is 5.65 Å². The number of aryl methyl sites for hydroxylation is 2. The molecule has 1 aliphatic rings. The number of ether oxygens (including phenoxy) is 1. The second kappa shape index (κ2) is 10.5. The van der Waals surface area contributed by atoms with Gasteiger partial charge in [0.1, 0.15) is 10.5 Å². The van der Waals surface area contributed by atoms with E-state index in [0.717, 1.165) is 9.96 Å². The van der Waals surface area contributed by atoms with Crippen LogP contribution in [0.15, 0.2) is 53.7 Å². The zero-order valence-electron chi connectivity index (χ0n) is 23.3. The van der Waals surface area contributed by atoms with Crippen molar-refractivity contribution in [3.63, 3.8) is 0 Å². The zero-order valence-corrected chi connectivity index (χ0v) is 24.1. The van der Waals surface area contributed by atoms with E-state index in [1.54, 1.807) is 31.2 Å². The summed E-state index contributed by atoms with van der Waals surface area (Å²) in [4.78, 5) is 16.3. The fourth-order valence-corrected chi connectivity index (χ4v) is 6.95. The van der Waals surface area contributed by atoms with Gasteiger partial charge in [-0.15, -0.1) is 21.0 Å². The number of carboxylic acids is 1. The first-order valence-electron chi connectivity index (χ1n) is 13.0. The Morgan fingerprint density at radius 1 is 1.17 bits per heavy atom. The van der Waals surface area contributed by atoms with Gasteiger partial charge in [-0.3, -0.25) is 18.3 Å². The van der Waals surface area contributed by atoms with Crippen molar-refractivity contribution in [3.05, 3.63) is 82.4 Å². The van der Waals surface area contributed by atoms with Crippen LogP contribution < -0.4 is 4.74 Å². The molecule has 42 heavy (non-hydrogen) atoms. The molecule has 3 aromatic heterocycles. The number of aliphatic carboxylic acids is 1. The summed E-state index contributed by atoms with van der Waals surface area (Å²) in [7, 11) is -3.51. The molecule has 10 nitrogen and oxygen atoms in total. The normalized spacial score (nSPS) is 18.1. The van der Waals surface area contributed by atoms with Gasteiger partial charge in [0.05, 0.1) is 13.0 Å². The van der Waals surface area contributed by atoms with Crippen molar-refractivity contribution < 1.29 is 36.9 Å². The van der Waals surface area contributed by atoms with Gasteiger partial charge < -0.3 is 9.84 Å². The lowest BCUT2D eigenvalue weighted by Crippen LogP contribution is -2.41. The van der Waals surface area contributed by atoms with E-state index in [9.17, 15) is 32.2 Å². The zero-order chi connectivity index (χ0) is 30.6. The van der Waals surface area contributed by atoms with E-state index in [1.165, 1.54) is 22.8 Å². The maximum absolute atomic E-state index is 13.4. The molecule has 224 valence electrons. The second-order valence-electron chi connectivity index (χ2n) is 10.9. The van der Waals surface area contributed by atoms with Crippen molar-refractivity contribution in [1.29, 1.82) is 0 Å². The lowest BCUT2D eigenvalue weighted by molar-refractivity contribution is -0.145. The van der Waals surface area contributed by atoms with Gasteiger partial charge in [0, 0.05) is 24.9 Å². The summed E-state index contributed by atoms with van der Waals surface area (Å²) in [5, 5.41) is 16.8. The number of benzene rings is 1. The topological polar surface area (TPSA) is 133 Å². The number of hydrogen-bond acceptors (Lipinski definition) is 8. The van der Waals surface area contributed by atoms with Gasteiger partial charge in [-0.2, -0.15) is 17.5 Å². The summed E-state index contributed by atoms with van der Waals surface area (Å²) in [6.07, 6.45) is -2.33. The van der Waals surface area contributed by atoms with Gasteiger partial charge in [-0.25, -0.2) is 4.98 Å². The quantitative estimate of drug-likeness (QED) is 0.240. The SMILES string of the molecule is Cc1ccc(C(CC(=O)O)c2ccn3c(C(F)(F)F)nnc3c2C)cc1CN1CC(C)(C)Oc2ncccc2S1(O)O. The van der Waals surface area contributed by atoms with Crippen LogP contribution in [0.1, 0.15) is 59.8 Å². The van der Waals surface area contributed by atoms with E-state index in [4.69, 9.17) is 4.74 Å². The third-order valence-corrected chi connectivity index (χ3v) is 9.20. The Kier molecular flexibility index (Phi) is 7.46. The lowest BCUT2D eigenvalue weighted by atomic mass is 9.85. The molecule has 0 saturated heterocycles. The van der Waals surface area contributed by atoms with E-state index in [2.05, 4.69) is 15.2 Å². The molecule has 14 heteroatoms. The molecule has 0 bridgehead atoms. The highest BCUT2D eigenvalue weighted by Gasteiger charge is 2.40. The van der Waals surface area contributed by atoms with Crippen molar-refractivity contribution in [2.24, 2.45) is 0 Å². The number of nitrogens with zero attached hydrogens (tertiary/aromatic N) is 5. The highest BCUT2D eigenvalue weighted by molar-refractivity contribution is 8.22. The third-order valence-electron chi connectivity index (χ3n) is 7.32. The molecule has 0 radical (unpaired) electrons. The standard InChI is InChI=1S/C28H30F3N5O5S/c1-16-7-8-18(12-19(16)14-35-15-27(3,4)41-25-22(42(35,39)40)6-5-10-32-25)21(13-23(37)38)20-9-11-36-24(17(20)2)33-34-26(36)28(29,30)31/h5-12,21,39-40H,13-15H2,1-4H3,(H,37,38). The molecular formula is C28H30F3N5O5S. The fourth-order valence-electron chi connectivity index (χ4n) is 5.27. The molecule has 0 saturated carbocycles. The number of aromatic nitrogens is 4. The van der Waals surface area contributed by atoms with Gasteiger partial charge in [0.2, 0.25) is 11.7 Å². The molecule has 0 amide bonds. The minimum absolute atomic E-state index is 0.0180. The van der Waals surface area contributed by atoms with Gasteiger partial charge in [-0.1, -0.05) is 18.2 Å². The van der Waals surface area contributed by atoms with Crippen molar-refractivity contribution in [2.75, 3.05) is 6.54 Å². The molecular weight excluding hydrogens is 575 g/mol. The van der Waals surface area contributed by atoms with E-state index >= 15 is 0 Å². The Labute approximate surface area is 241 Å². The molecule has 0 fully saturated rings. The van der Waals surface area contributed by atoms with Crippen molar-refractivity contribution in [2.45, 2.75) is 63.3 Å². The summed E-state index contributed by atoms with van der Waals surface area (Å²) >= 11 is 0. The first-order valence-corrected chi connectivity index (χ1v) is 14.5. The molecule has 1 unspecified atom stereocenters. The smallest absolute Gasteiger partial charge is 0.452 e. The van der Waals surface area contributed by atoms with Crippen LogP contribution in [0.5, 0.6) is 5.88 Å². The van der Waals surface area contributed by atoms with Crippen LogP contribution in [0, 0.1) is 13.8 Å². The molecule has 3 N–H and O–H groups in total. The Morgan fingerprint density at radius 2 is 1.90 bits per heavy atom. The molecule has 0 spiro atoms. The van der Waals surface area contributed by atoms with Gasteiger partial charge in [0.25, 0.3) is 0 Å². The van der Waals surface area contributed by atoms with E-state index < -0.39 is 40.3 Å². The predicted molar refractivity (Wildman–Crippen MR) is 148 cm³/mol. The summed E-state index contributed by atoms with van der Waals surface area (Å²) in [5.74, 6) is -2.85. The number of alkyl halides is 3. The average molecular weight is 606 g/mol. The summed E-state index contributed by atoms with van der Waals surface area (Å²) in [5.41, 5.74) is 2.18. The van der Waals surface area contributed by atoms with Crippen molar-refractivity contribution in [3.8, 4) is 5.88 Å². The van der Waals surface area contributed by atoms with Crippen LogP contribution in [0.25, 0.3) is 5.65 Å². The predicted octanol–water partition coefficient (Wildman–Crippen LogP) is 6.06. The number of pyridine rings is 2. The van der Waals surface area contributed by atoms with Crippen molar-refractivity contribution >= 4 is 22.4 Å². The third kappa shape index (κ3) is 5.54. The Morgan fingerprint density at radius 3 is 2.60 bits per heavy atom. The molecule has 1 aliphatic heterocycles. The minimum Gasteiger partial charge on any atom is -0.481 e. The highest BCUT2D eigenvalue weighted by Crippen LogP contribution is 2.57. The number of carboxylic acid groups (broad SMARTS) is 1. The largest absolute Gasteiger partial charge is 0.481 e. The summed E-state index contributed by atoms with van der Waals surface area (Å²) in [6, 6.07) is 10.0. The molecule has 1 aromatic carbocycles. The van der Waals surface area contributed by atoms with E-state index in [1.807, 2.05) is 26.8 Å². The Bertz CT molecular complexity index is 1670. The maximum atomic E-state index is 13.4. The monoisotopic (exact) mass is 605 g/mol.